The van der Waals surface area contributed by atoms with Gasteiger partial charge in [-0.25, -0.2) is 4.98 Å². The van der Waals surface area contributed by atoms with Gasteiger partial charge in [0.1, 0.15) is 11.4 Å². The van der Waals surface area contributed by atoms with Gasteiger partial charge >= 0.3 is 0 Å². The van der Waals surface area contributed by atoms with Crippen molar-refractivity contribution < 1.29 is 4.79 Å². The first-order chi connectivity index (χ1) is 6.43. The molecule has 1 heterocycles. The second-order valence-electron chi connectivity index (χ2n) is 3.56. The fourth-order valence-electron chi connectivity index (χ4n) is 0.880. The van der Waals surface area contributed by atoms with Crippen molar-refractivity contribution in [1.29, 1.82) is 0 Å². The Labute approximate surface area is 82.5 Å². The molecule has 14 heavy (non-hydrogen) atoms. The predicted molar refractivity (Wildman–Crippen MR) is 55.5 cm³/mol. The van der Waals surface area contributed by atoms with Gasteiger partial charge in [-0.1, -0.05) is 0 Å². The number of nitrogens with two attached hydrogens (primary N) is 2. The molecule has 0 aliphatic carbocycles. The van der Waals surface area contributed by atoms with Crippen LogP contribution in [0.5, 0.6) is 0 Å². The van der Waals surface area contributed by atoms with Crippen LogP contribution in [0.25, 0.3) is 0 Å². The second-order valence-corrected chi connectivity index (χ2v) is 3.56. The van der Waals surface area contributed by atoms with Gasteiger partial charge in [-0.05, 0) is 26.0 Å². The van der Waals surface area contributed by atoms with Gasteiger partial charge in [0.05, 0.1) is 5.69 Å². The number of nitrogens with one attached hydrogen (secondary N) is 1. The lowest BCUT2D eigenvalue weighted by Gasteiger charge is -2.23. The number of pyridine rings is 1. The van der Waals surface area contributed by atoms with E-state index in [2.05, 4.69) is 10.3 Å². The number of nitrogen functional groups attached to an aromatic ring is 1. The van der Waals surface area contributed by atoms with Crippen LogP contribution in [-0.4, -0.2) is 16.4 Å². The van der Waals surface area contributed by atoms with E-state index in [1.807, 2.05) is 0 Å². The number of carbonyl (C=O) groups excluding carboxylic acids is 1. The highest BCUT2D eigenvalue weighted by Gasteiger charge is 2.25. The molecule has 1 rings (SSSR count). The molecule has 1 amide bonds. The van der Waals surface area contributed by atoms with Crippen molar-refractivity contribution in [3.05, 3.63) is 18.3 Å². The van der Waals surface area contributed by atoms with Crippen molar-refractivity contribution in [3.63, 3.8) is 0 Å². The molecule has 0 bridgehead atoms. The summed E-state index contributed by atoms with van der Waals surface area (Å²) in [7, 11) is 0. The topological polar surface area (TPSA) is 94.0 Å². The van der Waals surface area contributed by atoms with Crippen molar-refractivity contribution in [1.82, 2.24) is 4.98 Å². The zero-order valence-electron chi connectivity index (χ0n) is 8.24. The van der Waals surface area contributed by atoms with Gasteiger partial charge in [-0.3, -0.25) is 4.79 Å². The van der Waals surface area contributed by atoms with Gasteiger partial charge in [0.15, 0.2) is 0 Å². The Hall–Kier alpha value is -1.78. The van der Waals surface area contributed by atoms with E-state index in [0.717, 1.165) is 0 Å². The summed E-state index contributed by atoms with van der Waals surface area (Å²) in [5.41, 5.74) is 10.5. The largest absolute Gasteiger partial charge is 0.396 e. The standard InChI is InChI=1S/C9H14N4O/c1-9(2,8(11)14)13-7-6(10)4-3-5-12-7/h3-5H,10H2,1-2H3,(H2,11,14)(H,12,13). The first kappa shape index (κ1) is 10.3. The number of hydrogen-bond donors (Lipinski definition) is 3. The Morgan fingerprint density at radius 1 is 1.57 bits per heavy atom. The number of primary amides is 1. The minimum absolute atomic E-state index is 0.456. The van der Waals surface area contributed by atoms with Crippen LogP contribution in [0.2, 0.25) is 0 Å². The van der Waals surface area contributed by atoms with Crippen LogP contribution in [0.4, 0.5) is 11.5 Å². The minimum Gasteiger partial charge on any atom is -0.396 e. The molecule has 1 aromatic heterocycles. The lowest BCUT2D eigenvalue weighted by molar-refractivity contribution is -0.121. The summed E-state index contributed by atoms with van der Waals surface area (Å²) in [5, 5.41) is 2.88. The monoisotopic (exact) mass is 194 g/mol. The van der Waals surface area contributed by atoms with E-state index in [0.29, 0.717) is 11.5 Å². The average Bonchev–Trinajstić information content (AvgIpc) is 2.08. The van der Waals surface area contributed by atoms with Crippen LogP contribution in [0.3, 0.4) is 0 Å². The van der Waals surface area contributed by atoms with Crippen LogP contribution < -0.4 is 16.8 Å². The van der Waals surface area contributed by atoms with E-state index < -0.39 is 11.4 Å². The molecule has 5 nitrogen and oxygen atoms in total. The van der Waals surface area contributed by atoms with Gasteiger partial charge in [-0.15, -0.1) is 0 Å². The number of rotatable bonds is 3. The minimum atomic E-state index is -0.859. The first-order valence-electron chi connectivity index (χ1n) is 4.22. The molecule has 0 unspecified atom stereocenters. The van der Waals surface area contributed by atoms with Crippen LogP contribution >= 0.6 is 0 Å². The lowest BCUT2D eigenvalue weighted by atomic mass is 10.1. The van der Waals surface area contributed by atoms with Crippen LogP contribution in [0.1, 0.15) is 13.8 Å². The molecule has 0 aliphatic rings. The molecule has 0 saturated carbocycles. The summed E-state index contributed by atoms with van der Waals surface area (Å²) < 4.78 is 0. The Bertz CT molecular complexity index is 348. The summed E-state index contributed by atoms with van der Waals surface area (Å²) in [6.07, 6.45) is 1.59. The van der Waals surface area contributed by atoms with Crippen LogP contribution in [0.15, 0.2) is 18.3 Å². The fourth-order valence-corrected chi connectivity index (χ4v) is 0.880. The molecule has 5 N–H and O–H groups in total. The maximum absolute atomic E-state index is 11.0. The van der Waals surface area contributed by atoms with Gasteiger partial charge in [0, 0.05) is 6.20 Å². The Balaban J connectivity index is 2.89. The van der Waals surface area contributed by atoms with Crippen molar-refractivity contribution in [2.45, 2.75) is 19.4 Å². The number of carbonyl (C=O) groups is 1. The van der Waals surface area contributed by atoms with Gasteiger partial charge in [0.25, 0.3) is 0 Å². The summed E-state index contributed by atoms with van der Waals surface area (Å²) in [5.74, 6) is 0.0128. The molecule has 76 valence electrons. The molecular formula is C9H14N4O. The number of amides is 1. The molecule has 0 aromatic carbocycles. The van der Waals surface area contributed by atoms with E-state index in [-0.39, 0.29) is 0 Å². The summed E-state index contributed by atoms with van der Waals surface area (Å²) >= 11 is 0. The van der Waals surface area contributed by atoms with Crippen molar-refractivity contribution >= 4 is 17.4 Å². The van der Waals surface area contributed by atoms with Gasteiger partial charge in [0.2, 0.25) is 5.91 Å². The quantitative estimate of drug-likeness (QED) is 0.646. The van der Waals surface area contributed by atoms with Gasteiger partial charge in [-0.2, -0.15) is 0 Å². The van der Waals surface area contributed by atoms with Crippen molar-refractivity contribution in [2.75, 3.05) is 11.1 Å². The molecule has 0 fully saturated rings. The third kappa shape index (κ3) is 2.12. The van der Waals surface area contributed by atoms with Crippen molar-refractivity contribution in [2.24, 2.45) is 5.73 Å². The number of nitrogens with zero attached hydrogens (tertiary/aromatic N) is 1. The summed E-state index contributed by atoms with van der Waals surface area (Å²) in [6.45, 7) is 3.34. The molecule has 1 aromatic rings. The van der Waals surface area contributed by atoms with E-state index in [4.69, 9.17) is 11.5 Å². The Kier molecular flexibility index (Phi) is 2.60. The predicted octanol–water partition coefficient (Wildman–Crippen LogP) is 0.340. The third-order valence-corrected chi connectivity index (χ3v) is 1.89. The highest BCUT2D eigenvalue weighted by molar-refractivity contribution is 5.87. The highest BCUT2D eigenvalue weighted by Crippen LogP contribution is 2.18. The maximum atomic E-state index is 11.0. The van der Waals surface area contributed by atoms with Crippen LogP contribution in [-0.2, 0) is 4.79 Å². The summed E-state index contributed by atoms with van der Waals surface area (Å²) in [6, 6.07) is 3.42. The number of hydrogen-bond acceptors (Lipinski definition) is 4. The lowest BCUT2D eigenvalue weighted by Crippen LogP contribution is -2.45. The highest BCUT2D eigenvalue weighted by atomic mass is 16.1. The molecular weight excluding hydrogens is 180 g/mol. The second kappa shape index (κ2) is 3.53. The number of aromatic nitrogens is 1. The Morgan fingerprint density at radius 2 is 2.21 bits per heavy atom. The number of anilines is 2. The smallest absolute Gasteiger partial charge is 0.242 e. The fraction of sp³-hybridized carbons (Fsp3) is 0.333. The van der Waals surface area contributed by atoms with E-state index in [1.54, 1.807) is 32.2 Å². The molecule has 0 saturated heterocycles. The molecule has 5 heteroatoms. The molecule has 0 spiro atoms. The van der Waals surface area contributed by atoms with E-state index >= 15 is 0 Å². The zero-order chi connectivity index (χ0) is 10.8. The van der Waals surface area contributed by atoms with E-state index in [1.165, 1.54) is 0 Å². The third-order valence-electron chi connectivity index (χ3n) is 1.89. The first-order valence-corrected chi connectivity index (χ1v) is 4.22. The van der Waals surface area contributed by atoms with Crippen molar-refractivity contribution in [3.8, 4) is 0 Å². The average molecular weight is 194 g/mol. The van der Waals surface area contributed by atoms with Gasteiger partial charge < -0.3 is 16.8 Å². The maximum Gasteiger partial charge on any atom is 0.242 e. The molecule has 0 radical (unpaired) electrons. The SMILES string of the molecule is CC(C)(Nc1ncccc1N)C(N)=O. The normalized spacial score (nSPS) is 11.0. The molecule has 0 atom stereocenters. The zero-order valence-corrected chi connectivity index (χ0v) is 8.24. The van der Waals surface area contributed by atoms with Crippen LogP contribution in [0, 0.1) is 0 Å². The summed E-state index contributed by atoms with van der Waals surface area (Å²) in [4.78, 5) is 15.0. The molecule has 0 aliphatic heterocycles. The Morgan fingerprint density at radius 3 is 2.71 bits per heavy atom. The van der Waals surface area contributed by atoms with E-state index in [9.17, 15) is 4.79 Å².